The van der Waals surface area contributed by atoms with Crippen molar-refractivity contribution in [3.8, 4) is 22.6 Å². The Hall–Kier alpha value is -3.39. The monoisotopic (exact) mass is 422 g/mol. The molecule has 2 aromatic heterocycles. The van der Waals surface area contributed by atoms with Crippen molar-refractivity contribution in [2.24, 2.45) is 0 Å². The summed E-state index contributed by atoms with van der Waals surface area (Å²) in [4.78, 5) is 30.6. The standard InChI is InChI=1S/C22H22N4O3S/c1-22(2,3)15-11-13(26-8-7-18(27)25-21(26)28)10-14(19(15)29-4)12-5-6-17-16(9-12)24-20(23)30-17/h5-11H,1-4H3,(H2,23,24)(H,25,27,28). The first-order chi connectivity index (χ1) is 14.2. The first-order valence-corrected chi connectivity index (χ1v) is 10.2. The van der Waals surface area contributed by atoms with Gasteiger partial charge in [-0.05, 0) is 35.2 Å². The topological polar surface area (TPSA) is 103 Å². The Kier molecular flexibility index (Phi) is 4.74. The van der Waals surface area contributed by atoms with Gasteiger partial charge in [0.15, 0.2) is 5.13 Å². The number of nitrogen functional groups attached to an aromatic ring is 1. The normalized spacial score (nSPS) is 11.7. The number of anilines is 1. The molecule has 0 atom stereocenters. The van der Waals surface area contributed by atoms with Crippen molar-refractivity contribution in [1.82, 2.24) is 14.5 Å². The zero-order chi connectivity index (χ0) is 21.6. The second kappa shape index (κ2) is 7.14. The molecule has 0 amide bonds. The van der Waals surface area contributed by atoms with Gasteiger partial charge in [0.25, 0.3) is 5.56 Å². The van der Waals surface area contributed by atoms with E-state index in [1.54, 1.807) is 7.11 Å². The van der Waals surface area contributed by atoms with E-state index in [0.717, 1.165) is 32.7 Å². The number of hydrogen-bond acceptors (Lipinski definition) is 6. The molecular weight excluding hydrogens is 400 g/mol. The van der Waals surface area contributed by atoms with Crippen LogP contribution in [0.25, 0.3) is 27.0 Å². The Labute approximate surface area is 176 Å². The molecule has 0 aliphatic heterocycles. The predicted molar refractivity (Wildman–Crippen MR) is 121 cm³/mol. The third kappa shape index (κ3) is 3.50. The van der Waals surface area contributed by atoms with Crippen LogP contribution < -0.4 is 21.7 Å². The fourth-order valence-electron chi connectivity index (χ4n) is 3.48. The zero-order valence-electron chi connectivity index (χ0n) is 17.1. The second-order valence-electron chi connectivity index (χ2n) is 8.04. The molecule has 154 valence electrons. The Morgan fingerprint density at radius 1 is 1.13 bits per heavy atom. The van der Waals surface area contributed by atoms with Crippen molar-refractivity contribution in [2.45, 2.75) is 26.2 Å². The summed E-state index contributed by atoms with van der Waals surface area (Å²) in [6, 6.07) is 11.1. The van der Waals surface area contributed by atoms with Gasteiger partial charge in [-0.15, -0.1) is 0 Å². The number of benzene rings is 2. The van der Waals surface area contributed by atoms with Crippen molar-refractivity contribution in [1.29, 1.82) is 0 Å². The molecular formula is C22H22N4O3S. The van der Waals surface area contributed by atoms with Crippen molar-refractivity contribution >= 4 is 26.7 Å². The van der Waals surface area contributed by atoms with E-state index < -0.39 is 11.2 Å². The third-order valence-electron chi connectivity index (χ3n) is 4.90. The molecule has 3 N–H and O–H groups in total. The lowest BCUT2D eigenvalue weighted by atomic mass is 9.83. The lowest BCUT2D eigenvalue weighted by Crippen LogP contribution is -2.27. The highest BCUT2D eigenvalue weighted by molar-refractivity contribution is 7.22. The summed E-state index contributed by atoms with van der Waals surface area (Å²) in [5.41, 5.74) is 8.77. The van der Waals surface area contributed by atoms with Crippen molar-refractivity contribution in [3.05, 3.63) is 69.0 Å². The fourth-order valence-corrected chi connectivity index (χ4v) is 4.19. The number of nitrogens with two attached hydrogens (primary N) is 1. The summed E-state index contributed by atoms with van der Waals surface area (Å²) < 4.78 is 8.24. The average molecular weight is 423 g/mol. The van der Waals surface area contributed by atoms with Crippen LogP contribution in [0.15, 0.2) is 52.2 Å². The van der Waals surface area contributed by atoms with Crippen molar-refractivity contribution < 1.29 is 4.74 Å². The molecule has 0 unspecified atom stereocenters. The Balaban J connectivity index is 2.04. The van der Waals surface area contributed by atoms with E-state index in [-0.39, 0.29) is 5.41 Å². The number of ether oxygens (including phenoxy) is 1. The Morgan fingerprint density at radius 3 is 2.57 bits per heavy atom. The highest BCUT2D eigenvalue weighted by atomic mass is 32.1. The van der Waals surface area contributed by atoms with Crippen LogP contribution >= 0.6 is 11.3 Å². The number of fused-ring (bicyclic) bond motifs is 1. The maximum absolute atomic E-state index is 12.4. The molecule has 4 aromatic rings. The van der Waals surface area contributed by atoms with Gasteiger partial charge in [-0.3, -0.25) is 14.3 Å². The molecule has 0 spiro atoms. The molecule has 30 heavy (non-hydrogen) atoms. The number of aromatic amines is 1. The van der Waals surface area contributed by atoms with Gasteiger partial charge < -0.3 is 10.5 Å². The number of thiazole rings is 1. The van der Waals surface area contributed by atoms with Crippen molar-refractivity contribution in [2.75, 3.05) is 12.8 Å². The molecule has 0 saturated heterocycles. The van der Waals surface area contributed by atoms with Crippen LogP contribution in [-0.4, -0.2) is 21.6 Å². The largest absolute Gasteiger partial charge is 0.496 e. The molecule has 0 bridgehead atoms. The molecule has 2 aromatic carbocycles. The Bertz CT molecular complexity index is 1380. The van der Waals surface area contributed by atoms with Gasteiger partial charge in [0.05, 0.1) is 23.0 Å². The van der Waals surface area contributed by atoms with Gasteiger partial charge in [0.1, 0.15) is 5.75 Å². The summed E-state index contributed by atoms with van der Waals surface area (Å²) >= 11 is 1.43. The van der Waals surface area contributed by atoms with E-state index in [9.17, 15) is 9.59 Å². The highest BCUT2D eigenvalue weighted by Gasteiger charge is 2.24. The van der Waals surface area contributed by atoms with Crippen molar-refractivity contribution in [3.63, 3.8) is 0 Å². The van der Waals surface area contributed by atoms with E-state index in [1.165, 1.54) is 28.2 Å². The summed E-state index contributed by atoms with van der Waals surface area (Å²) in [5.74, 6) is 0.728. The summed E-state index contributed by atoms with van der Waals surface area (Å²) in [7, 11) is 1.64. The lowest BCUT2D eigenvalue weighted by Gasteiger charge is -2.25. The maximum Gasteiger partial charge on any atom is 0.332 e. The molecule has 8 heteroatoms. The first-order valence-electron chi connectivity index (χ1n) is 9.38. The van der Waals surface area contributed by atoms with Gasteiger partial charge in [-0.25, -0.2) is 9.78 Å². The SMILES string of the molecule is COc1c(-c2ccc3sc(N)nc3c2)cc(-n2ccc(=O)[nH]c2=O)cc1C(C)(C)C. The van der Waals surface area contributed by atoms with E-state index in [4.69, 9.17) is 10.5 Å². The molecule has 0 fully saturated rings. The van der Waals surface area contributed by atoms with Gasteiger partial charge in [-0.1, -0.05) is 38.2 Å². The number of hydrogen-bond donors (Lipinski definition) is 2. The number of rotatable bonds is 3. The number of H-pyrrole nitrogens is 1. The molecule has 2 heterocycles. The van der Waals surface area contributed by atoms with Crippen LogP contribution in [0.2, 0.25) is 0 Å². The number of methoxy groups -OCH3 is 1. The molecule has 7 nitrogen and oxygen atoms in total. The first kappa shape index (κ1) is 19.9. The van der Waals surface area contributed by atoms with Crippen LogP contribution in [-0.2, 0) is 5.41 Å². The van der Waals surface area contributed by atoms with Crippen LogP contribution in [0.3, 0.4) is 0 Å². The number of nitrogens with zero attached hydrogens (tertiary/aromatic N) is 2. The van der Waals surface area contributed by atoms with Crippen LogP contribution in [0.4, 0.5) is 5.13 Å². The average Bonchev–Trinajstić information content (AvgIpc) is 3.05. The maximum atomic E-state index is 12.4. The van der Waals surface area contributed by atoms with Crippen LogP contribution in [0.5, 0.6) is 5.75 Å². The highest BCUT2D eigenvalue weighted by Crippen LogP contribution is 2.42. The molecule has 0 aliphatic carbocycles. The van der Waals surface area contributed by atoms with Gasteiger partial charge >= 0.3 is 5.69 Å². The van der Waals surface area contributed by atoms with Gasteiger partial charge in [-0.2, -0.15) is 0 Å². The van der Waals surface area contributed by atoms with E-state index >= 15 is 0 Å². The fraction of sp³-hybridized carbons (Fsp3) is 0.227. The second-order valence-corrected chi connectivity index (χ2v) is 9.10. The number of nitrogens with one attached hydrogen (secondary N) is 1. The minimum Gasteiger partial charge on any atom is -0.496 e. The van der Waals surface area contributed by atoms with Crippen LogP contribution in [0, 0.1) is 0 Å². The smallest absolute Gasteiger partial charge is 0.332 e. The van der Waals surface area contributed by atoms with Crippen LogP contribution in [0.1, 0.15) is 26.3 Å². The zero-order valence-corrected chi connectivity index (χ0v) is 18.0. The molecule has 0 aliphatic rings. The Morgan fingerprint density at radius 2 is 1.90 bits per heavy atom. The van der Waals surface area contributed by atoms with E-state index in [0.29, 0.717) is 10.8 Å². The predicted octanol–water partition coefficient (Wildman–Crippen LogP) is 3.69. The van der Waals surface area contributed by atoms with E-state index in [1.807, 2.05) is 30.3 Å². The summed E-state index contributed by atoms with van der Waals surface area (Å²) in [6.07, 6.45) is 1.48. The van der Waals surface area contributed by atoms with E-state index in [2.05, 4.69) is 30.7 Å². The molecule has 4 rings (SSSR count). The third-order valence-corrected chi connectivity index (χ3v) is 5.77. The molecule has 0 radical (unpaired) electrons. The minimum absolute atomic E-state index is 0.253. The molecule has 0 saturated carbocycles. The summed E-state index contributed by atoms with van der Waals surface area (Å²) in [6.45, 7) is 6.25. The van der Waals surface area contributed by atoms with Gasteiger partial charge in [0.2, 0.25) is 0 Å². The lowest BCUT2D eigenvalue weighted by molar-refractivity contribution is 0.399. The summed E-state index contributed by atoms with van der Waals surface area (Å²) in [5, 5.41) is 0.512. The minimum atomic E-state index is -0.499. The quantitative estimate of drug-likeness (QED) is 0.524. The number of aromatic nitrogens is 3. The van der Waals surface area contributed by atoms with Gasteiger partial charge in [0, 0.05) is 23.4 Å².